The summed E-state index contributed by atoms with van der Waals surface area (Å²) in [5.74, 6) is -0.552. The van der Waals surface area contributed by atoms with Gasteiger partial charge in [-0.25, -0.2) is 13.2 Å². The van der Waals surface area contributed by atoms with Crippen molar-refractivity contribution in [3.63, 3.8) is 0 Å². The molecule has 1 aromatic heterocycles. The molecule has 140 valence electrons. The maximum absolute atomic E-state index is 12.6. The highest BCUT2D eigenvalue weighted by Crippen LogP contribution is 2.24. The Morgan fingerprint density at radius 1 is 1.04 bits per heavy atom. The van der Waals surface area contributed by atoms with Crippen LogP contribution in [0.15, 0.2) is 56.6 Å². The lowest BCUT2D eigenvalue weighted by Crippen LogP contribution is -2.35. The van der Waals surface area contributed by atoms with Gasteiger partial charge in [0.1, 0.15) is 0 Å². The monoisotopic (exact) mass is 387 g/mol. The molecule has 2 aromatic carbocycles. The first-order chi connectivity index (χ1) is 12.9. The molecule has 4 rings (SSSR count). The summed E-state index contributed by atoms with van der Waals surface area (Å²) in [6.07, 6.45) is 2.34. The molecule has 9 heteroatoms. The molecule has 0 unspecified atom stereocenters. The van der Waals surface area contributed by atoms with Crippen LogP contribution >= 0.6 is 0 Å². The number of aromatic nitrogens is 1. The summed E-state index contributed by atoms with van der Waals surface area (Å²) in [6.45, 7) is 0.644. The molecule has 0 atom stereocenters. The quantitative estimate of drug-likeness (QED) is 0.714. The number of sulfonamides is 1. The van der Waals surface area contributed by atoms with Gasteiger partial charge in [0.05, 0.1) is 16.1 Å². The SMILES string of the molecule is O=C1CCCCN1c1ccc(S(=O)(=O)Nc2ccc3[nH]c(=O)oc3c2)cc1. The molecule has 0 aliphatic carbocycles. The summed E-state index contributed by atoms with van der Waals surface area (Å²) in [4.78, 5) is 27.4. The topological polar surface area (TPSA) is 112 Å². The second-order valence-electron chi connectivity index (χ2n) is 6.33. The Bertz CT molecular complexity index is 1160. The van der Waals surface area contributed by atoms with E-state index in [9.17, 15) is 18.0 Å². The number of anilines is 2. The molecule has 1 amide bonds. The Morgan fingerprint density at radius 3 is 2.56 bits per heavy atom. The van der Waals surface area contributed by atoms with Gasteiger partial charge in [0.2, 0.25) is 5.91 Å². The molecule has 2 heterocycles. The Labute approximate surface area is 154 Å². The van der Waals surface area contributed by atoms with Gasteiger partial charge < -0.3 is 9.32 Å². The summed E-state index contributed by atoms with van der Waals surface area (Å²) in [7, 11) is -3.82. The Hall–Kier alpha value is -3.07. The lowest BCUT2D eigenvalue weighted by molar-refractivity contribution is -0.119. The average Bonchev–Trinajstić information content (AvgIpc) is 3.01. The number of H-pyrrole nitrogens is 1. The van der Waals surface area contributed by atoms with Gasteiger partial charge in [-0.1, -0.05) is 0 Å². The van der Waals surface area contributed by atoms with Crippen LogP contribution in [0.1, 0.15) is 19.3 Å². The third kappa shape index (κ3) is 3.45. The first kappa shape index (κ1) is 17.3. The molecule has 1 saturated heterocycles. The number of aromatic amines is 1. The van der Waals surface area contributed by atoms with E-state index in [0.29, 0.717) is 24.2 Å². The number of hydrogen-bond donors (Lipinski definition) is 2. The minimum atomic E-state index is -3.82. The lowest BCUT2D eigenvalue weighted by Gasteiger charge is -2.26. The van der Waals surface area contributed by atoms with Crippen molar-refractivity contribution in [1.82, 2.24) is 4.98 Å². The van der Waals surface area contributed by atoms with E-state index in [2.05, 4.69) is 9.71 Å². The Morgan fingerprint density at radius 2 is 1.81 bits per heavy atom. The number of hydrogen-bond acceptors (Lipinski definition) is 5. The van der Waals surface area contributed by atoms with Crippen molar-refractivity contribution in [2.45, 2.75) is 24.2 Å². The number of amides is 1. The number of nitrogens with zero attached hydrogens (tertiary/aromatic N) is 1. The van der Waals surface area contributed by atoms with Gasteiger partial charge in [-0.05, 0) is 49.2 Å². The molecular formula is C18H17N3O5S. The van der Waals surface area contributed by atoms with E-state index >= 15 is 0 Å². The third-order valence-corrected chi connectivity index (χ3v) is 5.85. The zero-order valence-electron chi connectivity index (χ0n) is 14.3. The fraction of sp³-hybridized carbons (Fsp3) is 0.222. The highest BCUT2D eigenvalue weighted by Gasteiger charge is 2.21. The van der Waals surface area contributed by atoms with Crippen molar-refractivity contribution in [1.29, 1.82) is 0 Å². The third-order valence-electron chi connectivity index (χ3n) is 4.46. The van der Waals surface area contributed by atoms with Crippen molar-refractivity contribution in [2.75, 3.05) is 16.2 Å². The van der Waals surface area contributed by atoms with Crippen molar-refractivity contribution >= 4 is 38.4 Å². The highest BCUT2D eigenvalue weighted by molar-refractivity contribution is 7.92. The Balaban J connectivity index is 1.57. The molecule has 27 heavy (non-hydrogen) atoms. The van der Waals surface area contributed by atoms with Crippen LogP contribution in [0.4, 0.5) is 11.4 Å². The van der Waals surface area contributed by atoms with Crippen LogP contribution < -0.4 is 15.4 Å². The number of piperidine rings is 1. The van der Waals surface area contributed by atoms with E-state index in [0.717, 1.165) is 12.8 Å². The number of carbonyl (C=O) groups excluding carboxylic acids is 1. The standard InChI is InChI=1S/C18H17N3O5S/c22-17-3-1-2-10-21(17)13-5-7-14(8-6-13)27(24,25)20-12-4-9-15-16(11-12)26-18(23)19-15/h4-9,11,20H,1-3,10H2,(H,19,23). The van der Waals surface area contributed by atoms with E-state index in [1.54, 1.807) is 23.1 Å². The molecule has 1 aliphatic heterocycles. The fourth-order valence-corrected chi connectivity index (χ4v) is 4.16. The number of oxazole rings is 1. The number of rotatable bonds is 4. The molecule has 1 fully saturated rings. The summed E-state index contributed by atoms with van der Waals surface area (Å²) >= 11 is 0. The van der Waals surface area contributed by atoms with Gasteiger partial charge in [0.25, 0.3) is 10.0 Å². The fourth-order valence-electron chi connectivity index (χ4n) is 3.11. The van der Waals surface area contributed by atoms with Crippen LogP contribution in [0.2, 0.25) is 0 Å². The van der Waals surface area contributed by atoms with Gasteiger partial charge in [0, 0.05) is 24.7 Å². The van der Waals surface area contributed by atoms with E-state index in [1.807, 2.05) is 0 Å². The minimum absolute atomic E-state index is 0.0521. The molecule has 3 aromatic rings. The number of carbonyl (C=O) groups is 1. The molecule has 0 bridgehead atoms. The Kier molecular flexibility index (Phi) is 4.23. The molecule has 0 saturated carbocycles. The second kappa shape index (κ2) is 6.58. The smallest absolute Gasteiger partial charge is 0.408 e. The normalized spacial score (nSPS) is 15.3. The first-order valence-corrected chi connectivity index (χ1v) is 9.97. The van der Waals surface area contributed by atoms with Crippen LogP contribution in [-0.2, 0) is 14.8 Å². The van der Waals surface area contributed by atoms with Crippen LogP contribution in [0, 0.1) is 0 Å². The maximum atomic E-state index is 12.6. The van der Waals surface area contributed by atoms with Gasteiger partial charge in [-0.3, -0.25) is 14.5 Å². The van der Waals surface area contributed by atoms with Crippen molar-refractivity contribution in [3.8, 4) is 0 Å². The molecule has 1 aliphatic rings. The van der Waals surface area contributed by atoms with E-state index < -0.39 is 15.8 Å². The van der Waals surface area contributed by atoms with Crippen molar-refractivity contribution in [3.05, 3.63) is 53.0 Å². The molecule has 2 N–H and O–H groups in total. The minimum Gasteiger partial charge on any atom is -0.408 e. The number of fused-ring (bicyclic) bond motifs is 1. The molecule has 0 radical (unpaired) electrons. The summed E-state index contributed by atoms with van der Waals surface area (Å²) in [6, 6.07) is 10.7. The van der Waals surface area contributed by atoms with Crippen molar-refractivity contribution < 1.29 is 17.6 Å². The maximum Gasteiger partial charge on any atom is 0.417 e. The largest absolute Gasteiger partial charge is 0.417 e. The number of nitrogens with one attached hydrogen (secondary N) is 2. The van der Waals surface area contributed by atoms with Gasteiger partial charge in [-0.15, -0.1) is 0 Å². The van der Waals surface area contributed by atoms with E-state index in [-0.39, 0.29) is 22.1 Å². The average molecular weight is 387 g/mol. The van der Waals surface area contributed by atoms with Gasteiger partial charge in [0.15, 0.2) is 5.58 Å². The first-order valence-electron chi connectivity index (χ1n) is 8.48. The van der Waals surface area contributed by atoms with Crippen LogP contribution in [0.3, 0.4) is 0 Å². The van der Waals surface area contributed by atoms with Crippen LogP contribution in [0.25, 0.3) is 11.1 Å². The molecular weight excluding hydrogens is 370 g/mol. The second-order valence-corrected chi connectivity index (χ2v) is 8.01. The predicted octanol–water partition coefficient (Wildman–Crippen LogP) is 2.44. The zero-order chi connectivity index (χ0) is 19.0. The van der Waals surface area contributed by atoms with Crippen LogP contribution in [0.5, 0.6) is 0 Å². The van der Waals surface area contributed by atoms with E-state index in [1.165, 1.54) is 24.3 Å². The predicted molar refractivity (Wildman–Crippen MR) is 100 cm³/mol. The van der Waals surface area contributed by atoms with Gasteiger partial charge in [-0.2, -0.15) is 0 Å². The summed E-state index contributed by atoms with van der Waals surface area (Å²) in [5.41, 5.74) is 1.72. The molecule has 0 spiro atoms. The highest BCUT2D eigenvalue weighted by atomic mass is 32.2. The van der Waals surface area contributed by atoms with Crippen LogP contribution in [-0.4, -0.2) is 25.9 Å². The lowest BCUT2D eigenvalue weighted by atomic mass is 10.1. The van der Waals surface area contributed by atoms with Gasteiger partial charge >= 0.3 is 5.76 Å². The zero-order valence-corrected chi connectivity index (χ0v) is 15.1. The van der Waals surface area contributed by atoms with E-state index in [4.69, 9.17) is 4.42 Å². The number of benzene rings is 2. The van der Waals surface area contributed by atoms with Crippen molar-refractivity contribution in [2.24, 2.45) is 0 Å². The summed E-state index contributed by atoms with van der Waals surface area (Å²) < 4.78 is 32.6. The summed E-state index contributed by atoms with van der Waals surface area (Å²) in [5, 5.41) is 0. The molecule has 8 nitrogen and oxygen atoms in total.